The average molecular weight is 331 g/mol. The van der Waals surface area contributed by atoms with Gasteiger partial charge < -0.3 is 10.6 Å². The molecule has 6 heteroatoms. The summed E-state index contributed by atoms with van der Waals surface area (Å²) in [5, 5.41) is 8.93. The lowest BCUT2D eigenvalue weighted by Gasteiger charge is -2.38. The molecule has 2 aromatic carbocycles. The van der Waals surface area contributed by atoms with Crippen LogP contribution in [0.4, 0.5) is 18.9 Å². The molecule has 124 valence electrons. The van der Waals surface area contributed by atoms with Crippen LogP contribution in [0, 0.1) is 11.3 Å². The highest BCUT2D eigenvalue weighted by Gasteiger charge is 2.35. The van der Waals surface area contributed by atoms with E-state index < -0.39 is 11.7 Å². The lowest BCUT2D eigenvalue weighted by molar-refractivity contribution is -0.137. The SMILES string of the molecule is N#Cc1ccc(N2CCc3ccccc3C2CN)cc1C(F)(F)F. The standard InChI is InChI=1S/C18H16F3N3/c19-18(20,21)16-9-14(6-5-13(16)10-22)24-8-7-12-3-1-2-4-15(12)17(24)11-23/h1-6,9,17H,7-8,11,23H2. The van der Waals surface area contributed by atoms with Crippen molar-refractivity contribution < 1.29 is 13.2 Å². The van der Waals surface area contributed by atoms with Gasteiger partial charge in [-0.3, -0.25) is 0 Å². The molecule has 0 saturated carbocycles. The van der Waals surface area contributed by atoms with Crippen molar-refractivity contribution in [2.75, 3.05) is 18.0 Å². The maximum atomic E-state index is 13.2. The summed E-state index contributed by atoms with van der Waals surface area (Å²) >= 11 is 0. The van der Waals surface area contributed by atoms with E-state index in [-0.39, 0.29) is 11.6 Å². The summed E-state index contributed by atoms with van der Waals surface area (Å²) < 4.78 is 39.6. The van der Waals surface area contributed by atoms with Crippen molar-refractivity contribution >= 4 is 5.69 Å². The molecular formula is C18H16F3N3. The highest BCUT2D eigenvalue weighted by molar-refractivity contribution is 5.57. The summed E-state index contributed by atoms with van der Waals surface area (Å²) in [6, 6.07) is 13.1. The Labute approximate surface area is 138 Å². The molecule has 24 heavy (non-hydrogen) atoms. The number of anilines is 1. The van der Waals surface area contributed by atoms with Gasteiger partial charge in [0.05, 0.1) is 23.2 Å². The van der Waals surface area contributed by atoms with E-state index in [0.29, 0.717) is 18.8 Å². The van der Waals surface area contributed by atoms with Crippen LogP contribution in [0.15, 0.2) is 42.5 Å². The zero-order valence-corrected chi connectivity index (χ0v) is 12.8. The van der Waals surface area contributed by atoms with Crippen molar-refractivity contribution in [3.63, 3.8) is 0 Å². The van der Waals surface area contributed by atoms with E-state index in [1.54, 1.807) is 12.1 Å². The number of alkyl halides is 3. The molecule has 1 unspecified atom stereocenters. The van der Waals surface area contributed by atoms with E-state index in [1.807, 2.05) is 29.2 Å². The van der Waals surface area contributed by atoms with Gasteiger partial charge in [-0.15, -0.1) is 0 Å². The fraction of sp³-hybridized carbons (Fsp3) is 0.278. The van der Waals surface area contributed by atoms with Crippen LogP contribution in [0.1, 0.15) is 28.3 Å². The molecule has 2 N–H and O–H groups in total. The van der Waals surface area contributed by atoms with Crippen LogP contribution in [-0.4, -0.2) is 13.1 Å². The zero-order valence-electron chi connectivity index (χ0n) is 12.8. The molecule has 3 nitrogen and oxygen atoms in total. The molecule has 0 aromatic heterocycles. The van der Waals surface area contributed by atoms with Gasteiger partial charge >= 0.3 is 6.18 Å². The Hall–Kier alpha value is -2.52. The van der Waals surface area contributed by atoms with E-state index in [0.717, 1.165) is 18.1 Å². The molecule has 0 saturated heterocycles. The Balaban J connectivity index is 2.05. The normalized spacial score (nSPS) is 17.3. The molecule has 0 aliphatic carbocycles. The Morgan fingerprint density at radius 3 is 2.62 bits per heavy atom. The van der Waals surface area contributed by atoms with Crippen molar-refractivity contribution in [1.82, 2.24) is 0 Å². The van der Waals surface area contributed by atoms with Crippen LogP contribution < -0.4 is 10.6 Å². The first-order valence-corrected chi connectivity index (χ1v) is 7.61. The monoisotopic (exact) mass is 331 g/mol. The second-order valence-corrected chi connectivity index (χ2v) is 5.73. The van der Waals surface area contributed by atoms with Crippen molar-refractivity contribution in [3.05, 3.63) is 64.7 Å². The Morgan fingerprint density at radius 2 is 1.96 bits per heavy atom. The van der Waals surface area contributed by atoms with Gasteiger partial charge in [0.1, 0.15) is 0 Å². The molecular weight excluding hydrogens is 315 g/mol. The first-order valence-electron chi connectivity index (χ1n) is 7.61. The van der Waals surface area contributed by atoms with Crippen LogP contribution in [0.5, 0.6) is 0 Å². The summed E-state index contributed by atoms with van der Waals surface area (Å²) in [4.78, 5) is 1.89. The number of nitriles is 1. The first-order chi connectivity index (χ1) is 11.5. The van der Waals surface area contributed by atoms with Crippen molar-refractivity contribution in [2.45, 2.75) is 18.6 Å². The zero-order chi connectivity index (χ0) is 17.3. The van der Waals surface area contributed by atoms with Gasteiger partial charge in [0.2, 0.25) is 0 Å². The minimum atomic E-state index is -4.56. The van der Waals surface area contributed by atoms with Crippen molar-refractivity contribution in [3.8, 4) is 6.07 Å². The number of hydrogen-bond donors (Lipinski definition) is 1. The summed E-state index contributed by atoms with van der Waals surface area (Å²) in [6.45, 7) is 0.889. The minimum absolute atomic E-state index is 0.177. The summed E-state index contributed by atoms with van der Waals surface area (Å²) in [7, 11) is 0. The number of hydrogen-bond acceptors (Lipinski definition) is 3. The first kappa shape index (κ1) is 16.3. The largest absolute Gasteiger partial charge is 0.417 e. The molecule has 1 aliphatic heterocycles. The second kappa shape index (κ2) is 6.17. The van der Waals surface area contributed by atoms with Gasteiger partial charge in [-0.1, -0.05) is 24.3 Å². The van der Waals surface area contributed by atoms with E-state index in [4.69, 9.17) is 11.0 Å². The Bertz CT molecular complexity index is 793. The molecule has 3 rings (SSSR count). The lowest BCUT2D eigenvalue weighted by atomic mass is 9.91. The van der Waals surface area contributed by atoms with E-state index in [9.17, 15) is 13.2 Å². The molecule has 1 aliphatic rings. The van der Waals surface area contributed by atoms with Crippen LogP contribution in [0.25, 0.3) is 0 Å². The number of halogens is 3. The van der Waals surface area contributed by atoms with Crippen LogP contribution in [0.3, 0.4) is 0 Å². The molecule has 2 aromatic rings. The predicted octanol–water partition coefficient (Wildman–Crippen LogP) is 3.64. The van der Waals surface area contributed by atoms with Crippen molar-refractivity contribution in [2.24, 2.45) is 5.73 Å². The molecule has 0 spiro atoms. The van der Waals surface area contributed by atoms with E-state index >= 15 is 0 Å². The quantitative estimate of drug-likeness (QED) is 0.914. The Kier molecular flexibility index (Phi) is 4.20. The molecule has 0 fully saturated rings. The summed E-state index contributed by atoms with van der Waals surface area (Å²) in [5.41, 5.74) is 7.29. The fourth-order valence-electron chi connectivity index (χ4n) is 3.26. The summed E-state index contributed by atoms with van der Waals surface area (Å²) in [5.74, 6) is 0. The number of fused-ring (bicyclic) bond motifs is 1. The van der Waals surface area contributed by atoms with Crippen molar-refractivity contribution in [1.29, 1.82) is 5.26 Å². The topological polar surface area (TPSA) is 53.0 Å². The smallest absolute Gasteiger partial charge is 0.363 e. The third-order valence-corrected chi connectivity index (χ3v) is 4.40. The third kappa shape index (κ3) is 2.83. The minimum Gasteiger partial charge on any atom is -0.363 e. The number of nitrogens with two attached hydrogens (primary N) is 1. The van der Waals surface area contributed by atoms with Crippen LogP contribution >= 0.6 is 0 Å². The lowest BCUT2D eigenvalue weighted by Crippen LogP contribution is -2.39. The van der Waals surface area contributed by atoms with Gasteiger partial charge in [0, 0.05) is 18.8 Å². The van der Waals surface area contributed by atoms with Gasteiger partial charge in [0.25, 0.3) is 0 Å². The number of rotatable bonds is 2. The molecule has 0 bridgehead atoms. The van der Waals surface area contributed by atoms with Crippen LogP contribution in [-0.2, 0) is 12.6 Å². The number of benzene rings is 2. The second-order valence-electron chi connectivity index (χ2n) is 5.73. The maximum absolute atomic E-state index is 13.2. The highest BCUT2D eigenvalue weighted by Crippen LogP contribution is 2.38. The predicted molar refractivity (Wildman–Crippen MR) is 85.4 cm³/mol. The molecule has 0 amide bonds. The van der Waals surface area contributed by atoms with Crippen LogP contribution in [0.2, 0.25) is 0 Å². The van der Waals surface area contributed by atoms with Gasteiger partial charge in [0.15, 0.2) is 0 Å². The fourth-order valence-corrected chi connectivity index (χ4v) is 3.26. The van der Waals surface area contributed by atoms with E-state index in [2.05, 4.69) is 0 Å². The molecule has 1 atom stereocenters. The maximum Gasteiger partial charge on any atom is 0.417 e. The van der Waals surface area contributed by atoms with Gasteiger partial charge in [-0.05, 0) is 35.7 Å². The highest BCUT2D eigenvalue weighted by atomic mass is 19.4. The molecule has 0 radical (unpaired) electrons. The van der Waals surface area contributed by atoms with E-state index in [1.165, 1.54) is 11.6 Å². The Morgan fingerprint density at radius 1 is 1.21 bits per heavy atom. The molecule has 1 heterocycles. The third-order valence-electron chi connectivity index (χ3n) is 4.40. The summed E-state index contributed by atoms with van der Waals surface area (Å²) in [6.07, 6.45) is -3.82. The van der Waals surface area contributed by atoms with Gasteiger partial charge in [-0.25, -0.2) is 0 Å². The van der Waals surface area contributed by atoms with Gasteiger partial charge in [-0.2, -0.15) is 18.4 Å². The average Bonchev–Trinajstić information content (AvgIpc) is 2.59. The number of nitrogens with zero attached hydrogens (tertiary/aromatic N) is 2.